The van der Waals surface area contributed by atoms with Gasteiger partial charge in [0, 0.05) is 24.5 Å². The maximum absolute atomic E-state index is 14.2. The van der Waals surface area contributed by atoms with Crippen LogP contribution in [0.15, 0.2) is 73.1 Å². The Morgan fingerprint density at radius 2 is 1.77 bits per heavy atom. The Labute approximate surface area is 149 Å². The maximum atomic E-state index is 14.2. The zero-order valence-electron chi connectivity index (χ0n) is 13.7. The zero-order valence-corrected chi connectivity index (χ0v) is 13.7. The van der Waals surface area contributed by atoms with Crippen LogP contribution in [0.1, 0.15) is 11.4 Å². The number of hydrogen-bond donors (Lipinski definition) is 0. The molecule has 4 nitrogen and oxygen atoms in total. The molecule has 2 aromatic heterocycles. The molecule has 3 aromatic rings. The number of benzene rings is 1. The Balaban J connectivity index is 1.91. The van der Waals surface area contributed by atoms with Gasteiger partial charge in [-0.1, -0.05) is 12.1 Å². The Hall–Kier alpha value is -3.41. The lowest BCUT2D eigenvalue weighted by Crippen LogP contribution is -2.30. The summed E-state index contributed by atoms with van der Waals surface area (Å²) >= 11 is 0. The fourth-order valence-corrected chi connectivity index (χ4v) is 2.36. The summed E-state index contributed by atoms with van der Waals surface area (Å²) in [5, 5.41) is 0. The standard InChI is InChI=1S/C20H15F2N3O/c21-15-7-9-19(18(22)13-15)25(14-17-6-2-4-12-24-17)20(26)10-8-16-5-1-3-11-23-16/h1-13H,14H2/b10-8+. The minimum atomic E-state index is -0.819. The summed E-state index contributed by atoms with van der Waals surface area (Å²) in [4.78, 5) is 22.2. The molecular formula is C20H15F2N3O. The van der Waals surface area contributed by atoms with Crippen molar-refractivity contribution >= 4 is 17.7 Å². The van der Waals surface area contributed by atoms with Crippen molar-refractivity contribution in [2.75, 3.05) is 4.90 Å². The molecule has 130 valence electrons. The van der Waals surface area contributed by atoms with Gasteiger partial charge in [0.05, 0.1) is 23.6 Å². The number of rotatable bonds is 5. The van der Waals surface area contributed by atoms with E-state index in [-0.39, 0.29) is 12.2 Å². The number of hydrogen-bond acceptors (Lipinski definition) is 3. The molecule has 1 amide bonds. The summed E-state index contributed by atoms with van der Waals surface area (Å²) in [6.07, 6.45) is 6.03. The topological polar surface area (TPSA) is 46.1 Å². The summed E-state index contributed by atoms with van der Waals surface area (Å²) in [5.74, 6) is -1.99. The van der Waals surface area contributed by atoms with Gasteiger partial charge in [0.15, 0.2) is 0 Å². The van der Waals surface area contributed by atoms with Crippen LogP contribution in [-0.4, -0.2) is 15.9 Å². The van der Waals surface area contributed by atoms with E-state index in [0.29, 0.717) is 11.4 Å². The second-order valence-corrected chi connectivity index (χ2v) is 5.43. The van der Waals surface area contributed by atoms with Crippen LogP contribution in [0.2, 0.25) is 0 Å². The van der Waals surface area contributed by atoms with Crippen molar-refractivity contribution in [3.63, 3.8) is 0 Å². The second kappa shape index (κ2) is 8.11. The molecule has 0 atom stereocenters. The average molecular weight is 351 g/mol. The van der Waals surface area contributed by atoms with Gasteiger partial charge in [-0.3, -0.25) is 19.7 Å². The molecule has 0 aliphatic rings. The van der Waals surface area contributed by atoms with Gasteiger partial charge in [0.25, 0.3) is 5.91 Å². The second-order valence-electron chi connectivity index (χ2n) is 5.43. The summed E-state index contributed by atoms with van der Waals surface area (Å²) in [7, 11) is 0. The van der Waals surface area contributed by atoms with Crippen molar-refractivity contribution in [3.05, 3.63) is 96.1 Å². The SMILES string of the molecule is O=C(/C=C/c1ccccn1)N(Cc1ccccn1)c1ccc(F)cc1F. The molecule has 6 heteroatoms. The Morgan fingerprint density at radius 1 is 1.00 bits per heavy atom. The van der Waals surface area contributed by atoms with Gasteiger partial charge < -0.3 is 0 Å². The normalized spacial score (nSPS) is 10.8. The molecule has 0 saturated heterocycles. The van der Waals surface area contributed by atoms with Crippen LogP contribution < -0.4 is 4.90 Å². The molecule has 0 saturated carbocycles. The third-order valence-corrected chi connectivity index (χ3v) is 3.60. The zero-order chi connectivity index (χ0) is 18.4. The third-order valence-electron chi connectivity index (χ3n) is 3.60. The van der Waals surface area contributed by atoms with Gasteiger partial charge in [0.1, 0.15) is 11.6 Å². The van der Waals surface area contributed by atoms with Gasteiger partial charge in [0.2, 0.25) is 0 Å². The highest BCUT2D eigenvalue weighted by Gasteiger charge is 2.18. The number of anilines is 1. The summed E-state index contributed by atoms with van der Waals surface area (Å²) in [6, 6.07) is 13.6. The van der Waals surface area contributed by atoms with E-state index in [0.717, 1.165) is 12.1 Å². The summed E-state index contributed by atoms with van der Waals surface area (Å²) < 4.78 is 27.5. The van der Waals surface area contributed by atoms with Gasteiger partial charge >= 0.3 is 0 Å². The molecule has 0 spiro atoms. The molecule has 0 N–H and O–H groups in total. The minimum Gasteiger partial charge on any atom is -0.300 e. The summed E-state index contributed by atoms with van der Waals surface area (Å²) in [5.41, 5.74) is 1.15. The van der Waals surface area contributed by atoms with Gasteiger partial charge in [-0.15, -0.1) is 0 Å². The van der Waals surface area contributed by atoms with Crippen molar-refractivity contribution < 1.29 is 13.6 Å². The van der Waals surface area contributed by atoms with E-state index in [1.165, 1.54) is 23.1 Å². The molecule has 0 aliphatic heterocycles. The van der Waals surface area contributed by atoms with Crippen LogP contribution in [0.5, 0.6) is 0 Å². The van der Waals surface area contributed by atoms with Gasteiger partial charge in [-0.2, -0.15) is 0 Å². The highest BCUT2D eigenvalue weighted by molar-refractivity contribution is 6.03. The van der Waals surface area contributed by atoms with Crippen molar-refractivity contribution in [3.8, 4) is 0 Å². The van der Waals surface area contributed by atoms with Crippen molar-refractivity contribution in [1.29, 1.82) is 0 Å². The van der Waals surface area contributed by atoms with Gasteiger partial charge in [-0.25, -0.2) is 8.78 Å². The van der Waals surface area contributed by atoms with Crippen LogP contribution in [0.4, 0.5) is 14.5 Å². The van der Waals surface area contributed by atoms with E-state index in [1.54, 1.807) is 48.8 Å². The smallest absolute Gasteiger partial charge is 0.251 e. The Morgan fingerprint density at radius 3 is 2.42 bits per heavy atom. The van der Waals surface area contributed by atoms with E-state index in [2.05, 4.69) is 9.97 Å². The van der Waals surface area contributed by atoms with E-state index in [9.17, 15) is 13.6 Å². The molecule has 2 heterocycles. The number of carbonyl (C=O) groups is 1. The number of aromatic nitrogens is 2. The maximum Gasteiger partial charge on any atom is 0.251 e. The monoisotopic (exact) mass is 351 g/mol. The van der Waals surface area contributed by atoms with E-state index in [1.807, 2.05) is 0 Å². The largest absolute Gasteiger partial charge is 0.300 e. The van der Waals surface area contributed by atoms with E-state index >= 15 is 0 Å². The lowest BCUT2D eigenvalue weighted by molar-refractivity contribution is -0.114. The van der Waals surface area contributed by atoms with Crippen LogP contribution in [0, 0.1) is 11.6 Å². The highest BCUT2D eigenvalue weighted by Crippen LogP contribution is 2.22. The van der Waals surface area contributed by atoms with Crippen molar-refractivity contribution in [2.24, 2.45) is 0 Å². The number of pyridine rings is 2. The first kappa shape index (κ1) is 17.4. The quantitative estimate of drug-likeness (QED) is 0.653. The Kier molecular flexibility index (Phi) is 5.43. The lowest BCUT2D eigenvalue weighted by atomic mass is 10.2. The van der Waals surface area contributed by atoms with Crippen LogP contribution in [0.3, 0.4) is 0 Å². The molecule has 26 heavy (non-hydrogen) atoms. The van der Waals surface area contributed by atoms with E-state index < -0.39 is 17.5 Å². The minimum absolute atomic E-state index is 0.0206. The lowest BCUT2D eigenvalue weighted by Gasteiger charge is -2.21. The highest BCUT2D eigenvalue weighted by atomic mass is 19.1. The molecule has 0 aliphatic carbocycles. The number of carbonyl (C=O) groups excluding carboxylic acids is 1. The van der Waals surface area contributed by atoms with Crippen LogP contribution in [0.25, 0.3) is 6.08 Å². The fourth-order valence-electron chi connectivity index (χ4n) is 2.36. The molecule has 0 bridgehead atoms. The predicted molar refractivity (Wildman–Crippen MR) is 95.1 cm³/mol. The number of halogens is 2. The van der Waals surface area contributed by atoms with Crippen LogP contribution in [-0.2, 0) is 11.3 Å². The Bertz CT molecular complexity index is 915. The molecular weight excluding hydrogens is 336 g/mol. The first-order chi connectivity index (χ1) is 12.6. The molecule has 0 fully saturated rings. The van der Waals surface area contributed by atoms with Crippen LogP contribution >= 0.6 is 0 Å². The first-order valence-corrected chi connectivity index (χ1v) is 7.89. The van der Waals surface area contributed by atoms with Gasteiger partial charge in [-0.05, 0) is 42.5 Å². The number of nitrogens with zero attached hydrogens (tertiary/aromatic N) is 3. The molecule has 1 aromatic carbocycles. The molecule has 3 rings (SSSR count). The van der Waals surface area contributed by atoms with Crippen molar-refractivity contribution in [1.82, 2.24) is 9.97 Å². The summed E-state index contributed by atoms with van der Waals surface area (Å²) in [6.45, 7) is 0.0504. The first-order valence-electron chi connectivity index (χ1n) is 7.89. The third kappa shape index (κ3) is 4.36. The molecule has 0 unspecified atom stereocenters. The molecule has 0 radical (unpaired) electrons. The average Bonchev–Trinajstić information content (AvgIpc) is 2.66. The van der Waals surface area contributed by atoms with Crippen molar-refractivity contribution in [2.45, 2.75) is 6.54 Å². The van der Waals surface area contributed by atoms with E-state index in [4.69, 9.17) is 0 Å². The fraction of sp³-hybridized carbons (Fsp3) is 0.0500. The predicted octanol–water partition coefficient (Wildman–Crippen LogP) is 4.00. The number of amides is 1.